The molecule has 1 aliphatic heterocycles. The molecule has 0 amide bonds. The molecule has 1 aliphatic carbocycles. The summed E-state index contributed by atoms with van der Waals surface area (Å²) in [4.78, 5) is 15.1. The Morgan fingerprint density at radius 1 is 0.426 bits per heavy atom. The van der Waals surface area contributed by atoms with Crippen molar-refractivity contribution in [3.05, 3.63) is 197 Å². The molecule has 1 unspecified atom stereocenters. The van der Waals surface area contributed by atoms with Crippen LogP contribution in [0, 0.1) is 22.7 Å². The van der Waals surface area contributed by atoms with E-state index in [1.165, 1.54) is 0 Å². The van der Waals surface area contributed by atoms with Gasteiger partial charge in [0.2, 0.25) is 0 Å². The first kappa shape index (κ1) is 31.1. The van der Waals surface area contributed by atoms with Crippen LogP contribution >= 0.6 is 0 Å². The van der Waals surface area contributed by atoms with E-state index in [0.717, 1.165) is 66.9 Å². The van der Waals surface area contributed by atoms with Gasteiger partial charge in [-0.05, 0) is 63.7 Å². The van der Waals surface area contributed by atoms with E-state index < -0.39 is 5.41 Å². The van der Waals surface area contributed by atoms with E-state index in [0.29, 0.717) is 34.3 Å². The van der Waals surface area contributed by atoms with Gasteiger partial charge in [-0.2, -0.15) is 10.5 Å². The molecule has 2 heterocycles. The molecule has 6 nitrogen and oxygen atoms in total. The number of fused-ring (bicyclic) bond motifs is 9. The fraction of sp³-hybridized carbons (Fsp3) is 0.0208. The van der Waals surface area contributed by atoms with Crippen LogP contribution in [0.5, 0.6) is 11.5 Å². The Labute approximate surface area is 311 Å². The fourth-order valence-electron chi connectivity index (χ4n) is 8.23. The van der Waals surface area contributed by atoms with Gasteiger partial charge in [0, 0.05) is 22.3 Å². The van der Waals surface area contributed by atoms with E-state index in [1.54, 1.807) is 6.07 Å². The predicted octanol–water partition coefficient (Wildman–Crippen LogP) is 10.8. The highest BCUT2D eigenvalue weighted by molar-refractivity contribution is 5.97. The van der Waals surface area contributed by atoms with Crippen molar-refractivity contribution in [2.75, 3.05) is 0 Å². The van der Waals surface area contributed by atoms with Crippen molar-refractivity contribution in [2.24, 2.45) is 0 Å². The molecule has 0 bridgehead atoms. The summed E-state index contributed by atoms with van der Waals surface area (Å²) in [6, 6.07) is 59.1. The molecule has 8 aromatic rings. The number of aromatic nitrogens is 3. The molecule has 1 atom stereocenters. The monoisotopic (exact) mass is 689 g/mol. The minimum atomic E-state index is -0.773. The van der Waals surface area contributed by atoms with Crippen LogP contribution in [0.25, 0.3) is 56.4 Å². The molecule has 54 heavy (non-hydrogen) atoms. The zero-order chi connectivity index (χ0) is 36.2. The molecule has 1 spiro atoms. The highest BCUT2D eigenvalue weighted by atomic mass is 16.5. The van der Waals surface area contributed by atoms with Gasteiger partial charge in [-0.1, -0.05) is 133 Å². The molecule has 0 saturated heterocycles. The van der Waals surface area contributed by atoms with Crippen molar-refractivity contribution < 1.29 is 4.74 Å². The number of nitrogens with zero attached hydrogens (tertiary/aromatic N) is 5. The normalized spacial score (nSPS) is 14.5. The predicted molar refractivity (Wildman–Crippen MR) is 208 cm³/mol. The number of rotatable bonds is 4. The van der Waals surface area contributed by atoms with E-state index in [4.69, 9.17) is 19.7 Å². The maximum Gasteiger partial charge on any atom is 0.167 e. The summed E-state index contributed by atoms with van der Waals surface area (Å²) in [5.41, 5.74) is 10.7. The SMILES string of the molecule is N#Cc1cc(C#N)cc(-c2cccc3c2-c2ccccc2C32c3ccccc3Oc3c(-c4nc(-c5ccccc5)nc(-c5ccccc5)n4)cccc32)c1. The lowest BCUT2D eigenvalue weighted by Gasteiger charge is -2.40. The van der Waals surface area contributed by atoms with Crippen molar-refractivity contribution in [3.63, 3.8) is 0 Å². The second kappa shape index (κ2) is 12.2. The van der Waals surface area contributed by atoms with Crippen LogP contribution in [0.2, 0.25) is 0 Å². The molecule has 7 aromatic carbocycles. The zero-order valence-electron chi connectivity index (χ0n) is 28.7. The number of para-hydroxylation sites is 2. The Bertz CT molecular complexity index is 2800. The Morgan fingerprint density at radius 2 is 0.944 bits per heavy atom. The molecule has 10 rings (SSSR count). The molecule has 6 heteroatoms. The third-order valence-corrected chi connectivity index (χ3v) is 10.4. The van der Waals surface area contributed by atoms with E-state index >= 15 is 0 Å². The molecular weight excluding hydrogens is 663 g/mol. The van der Waals surface area contributed by atoms with Crippen molar-refractivity contribution in [1.82, 2.24) is 15.0 Å². The van der Waals surface area contributed by atoms with Gasteiger partial charge in [0.05, 0.1) is 34.2 Å². The Hall–Kier alpha value is -7.67. The number of hydrogen-bond donors (Lipinski definition) is 0. The largest absolute Gasteiger partial charge is 0.456 e. The van der Waals surface area contributed by atoms with Crippen LogP contribution < -0.4 is 4.74 Å². The van der Waals surface area contributed by atoms with Crippen LogP contribution in [0.4, 0.5) is 0 Å². The second-order valence-corrected chi connectivity index (χ2v) is 13.4. The topological polar surface area (TPSA) is 95.5 Å². The van der Waals surface area contributed by atoms with Gasteiger partial charge < -0.3 is 4.74 Å². The molecule has 0 fully saturated rings. The van der Waals surface area contributed by atoms with E-state index in [9.17, 15) is 10.5 Å². The van der Waals surface area contributed by atoms with Crippen LogP contribution in [-0.4, -0.2) is 15.0 Å². The fourth-order valence-corrected chi connectivity index (χ4v) is 8.23. The van der Waals surface area contributed by atoms with Gasteiger partial charge in [0.1, 0.15) is 11.5 Å². The first-order chi connectivity index (χ1) is 26.7. The summed E-state index contributed by atoms with van der Waals surface area (Å²) in [6.45, 7) is 0. The summed E-state index contributed by atoms with van der Waals surface area (Å²) >= 11 is 0. The van der Waals surface area contributed by atoms with Gasteiger partial charge >= 0.3 is 0 Å². The van der Waals surface area contributed by atoms with Gasteiger partial charge in [-0.25, -0.2) is 15.0 Å². The molecular formula is C48H27N5O. The number of ether oxygens (including phenoxy) is 1. The van der Waals surface area contributed by atoms with Gasteiger partial charge in [0.25, 0.3) is 0 Å². The third-order valence-electron chi connectivity index (χ3n) is 10.4. The number of nitriles is 2. The smallest absolute Gasteiger partial charge is 0.167 e. The van der Waals surface area contributed by atoms with E-state index in [-0.39, 0.29) is 0 Å². The average molecular weight is 690 g/mol. The van der Waals surface area contributed by atoms with E-state index in [2.05, 4.69) is 78.9 Å². The minimum Gasteiger partial charge on any atom is -0.456 e. The van der Waals surface area contributed by atoms with Crippen LogP contribution in [0.15, 0.2) is 164 Å². The lowest BCUT2D eigenvalue weighted by atomic mass is 9.65. The maximum atomic E-state index is 9.89. The molecule has 0 saturated carbocycles. The van der Waals surface area contributed by atoms with Crippen LogP contribution in [0.1, 0.15) is 33.4 Å². The Kier molecular flexibility index (Phi) is 7.05. The molecule has 1 aromatic heterocycles. The van der Waals surface area contributed by atoms with Gasteiger partial charge in [0.15, 0.2) is 17.5 Å². The average Bonchev–Trinajstić information content (AvgIpc) is 3.54. The van der Waals surface area contributed by atoms with Crippen LogP contribution in [0.3, 0.4) is 0 Å². The first-order valence-electron chi connectivity index (χ1n) is 17.6. The standard InChI is InChI=1S/C48H27N5O/c49-28-30-25-31(29-50)27-34(26-30)35-18-11-22-40-43(35)36-17-7-8-20-38(36)48(40)39-21-9-10-24-42(39)54-44-37(19-12-23-41(44)48)47-52-45(32-13-3-1-4-14-32)51-46(53-47)33-15-5-2-6-16-33/h1-27H. The number of benzene rings is 7. The lowest BCUT2D eigenvalue weighted by Crippen LogP contribution is -2.32. The van der Waals surface area contributed by atoms with Crippen molar-refractivity contribution >= 4 is 0 Å². The molecule has 0 radical (unpaired) electrons. The highest BCUT2D eigenvalue weighted by Crippen LogP contribution is 2.64. The maximum absolute atomic E-state index is 9.89. The summed E-state index contributed by atoms with van der Waals surface area (Å²) in [5, 5.41) is 19.8. The minimum absolute atomic E-state index is 0.441. The first-order valence-corrected chi connectivity index (χ1v) is 17.6. The third kappa shape index (κ3) is 4.61. The van der Waals surface area contributed by atoms with Gasteiger partial charge in [-0.3, -0.25) is 0 Å². The number of hydrogen-bond acceptors (Lipinski definition) is 6. The summed E-state index contributed by atoms with van der Waals surface area (Å²) in [5.74, 6) is 3.06. The Morgan fingerprint density at radius 3 is 1.61 bits per heavy atom. The summed E-state index contributed by atoms with van der Waals surface area (Å²) in [7, 11) is 0. The van der Waals surface area contributed by atoms with Crippen LogP contribution in [-0.2, 0) is 5.41 Å². The second-order valence-electron chi connectivity index (χ2n) is 13.4. The van der Waals surface area contributed by atoms with Gasteiger partial charge in [-0.15, -0.1) is 0 Å². The van der Waals surface area contributed by atoms with Crippen molar-refractivity contribution in [3.8, 4) is 80.1 Å². The zero-order valence-corrected chi connectivity index (χ0v) is 28.7. The van der Waals surface area contributed by atoms with E-state index in [1.807, 2.05) is 91.0 Å². The molecule has 2 aliphatic rings. The molecule has 250 valence electrons. The summed E-state index contributed by atoms with van der Waals surface area (Å²) < 4.78 is 6.97. The Balaban J connectivity index is 1.27. The lowest BCUT2D eigenvalue weighted by molar-refractivity contribution is 0.437. The highest BCUT2D eigenvalue weighted by Gasteiger charge is 2.52. The quantitative estimate of drug-likeness (QED) is 0.182. The molecule has 0 N–H and O–H groups in total. The summed E-state index contributed by atoms with van der Waals surface area (Å²) in [6.07, 6.45) is 0. The van der Waals surface area contributed by atoms with Crippen molar-refractivity contribution in [2.45, 2.75) is 5.41 Å². The van der Waals surface area contributed by atoms with Crippen molar-refractivity contribution in [1.29, 1.82) is 10.5 Å².